The number of benzene rings is 2. The number of aryl methyl sites for hydroxylation is 2. The van der Waals surface area contributed by atoms with Gasteiger partial charge in [0.2, 0.25) is 0 Å². The highest BCUT2D eigenvalue weighted by Crippen LogP contribution is 2.32. The molecule has 1 N–H and O–H groups in total. The molecule has 1 heterocycles. The second kappa shape index (κ2) is 8.20. The van der Waals surface area contributed by atoms with Crippen molar-refractivity contribution in [1.82, 2.24) is 0 Å². The molecule has 1 amide bonds. The number of piperidine rings is 1. The lowest BCUT2D eigenvalue weighted by Gasteiger charge is -2.28. The Morgan fingerprint density at radius 3 is 2.59 bits per heavy atom. The summed E-state index contributed by atoms with van der Waals surface area (Å²) in [4.78, 5) is 26.0. The number of rotatable bonds is 5. The van der Waals surface area contributed by atoms with Gasteiger partial charge >= 0.3 is 0 Å². The summed E-state index contributed by atoms with van der Waals surface area (Å²) in [5, 5.41) is 14.5. The van der Waals surface area contributed by atoms with Crippen molar-refractivity contribution in [3.8, 4) is 0 Å². The van der Waals surface area contributed by atoms with E-state index in [1.54, 1.807) is 12.1 Å². The molecule has 6 heteroatoms. The summed E-state index contributed by atoms with van der Waals surface area (Å²) in [5.74, 6) is -0.327. The van der Waals surface area contributed by atoms with E-state index in [-0.39, 0.29) is 11.6 Å². The first kappa shape index (κ1) is 18.9. The fraction of sp³-hybridized carbons (Fsp3) is 0.381. The monoisotopic (exact) mass is 367 g/mol. The van der Waals surface area contributed by atoms with Crippen LogP contribution in [-0.2, 0) is 6.42 Å². The molecule has 2 aromatic carbocycles. The molecule has 6 nitrogen and oxygen atoms in total. The zero-order valence-corrected chi connectivity index (χ0v) is 15.8. The third kappa shape index (κ3) is 4.10. The standard InChI is InChI=1S/C21H25N3O3/c1-3-16-9-7-8-15(2)20(16)22-21(25)17-10-11-18(19(14-17)24(26)27)23-12-5-4-6-13-23/h7-11,14H,3-6,12-13H2,1-2H3,(H,22,25). The molecule has 1 aliphatic heterocycles. The van der Waals surface area contributed by atoms with E-state index in [1.807, 2.05) is 36.9 Å². The molecule has 3 rings (SSSR count). The second-order valence-corrected chi connectivity index (χ2v) is 6.93. The Kier molecular flexibility index (Phi) is 5.74. The number of nitro groups is 1. The van der Waals surface area contributed by atoms with E-state index in [2.05, 4.69) is 5.32 Å². The number of carbonyl (C=O) groups excluding carboxylic acids is 1. The number of hydrogen-bond acceptors (Lipinski definition) is 4. The maximum atomic E-state index is 12.7. The number of carbonyl (C=O) groups is 1. The average molecular weight is 367 g/mol. The van der Waals surface area contributed by atoms with Gasteiger partial charge in [-0.25, -0.2) is 0 Å². The maximum absolute atomic E-state index is 12.7. The van der Waals surface area contributed by atoms with Gasteiger partial charge in [-0.15, -0.1) is 0 Å². The normalized spacial score (nSPS) is 14.1. The van der Waals surface area contributed by atoms with Crippen LogP contribution >= 0.6 is 0 Å². The second-order valence-electron chi connectivity index (χ2n) is 6.93. The predicted octanol–water partition coefficient (Wildman–Crippen LogP) is 4.71. The van der Waals surface area contributed by atoms with Crippen LogP contribution in [0, 0.1) is 17.0 Å². The fourth-order valence-electron chi connectivity index (χ4n) is 3.60. The van der Waals surface area contributed by atoms with Crippen LogP contribution in [0.1, 0.15) is 47.7 Å². The molecule has 2 aromatic rings. The topological polar surface area (TPSA) is 75.5 Å². The van der Waals surface area contributed by atoms with Crippen LogP contribution in [-0.4, -0.2) is 23.9 Å². The summed E-state index contributed by atoms with van der Waals surface area (Å²) >= 11 is 0. The Morgan fingerprint density at radius 2 is 1.93 bits per heavy atom. The molecule has 142 valence electrons. The number of nitro benzene ring substituents is 1. The SMILES string of the molecule is CCc1cccc(C)c1NC(=O)c1ccc(N2CCCCC2)c([N+](=O)[O-])c1. The smallest absolute Gasteiger partial charge is 0.293 e. The fourth-order valence-corrected chi connectivity index (χ4v) is 3.60. The molecular formula is C21H25N3O3. The van der Waals surface area contributed by atoms with E-state index < -0.39 is 4.92 Å². The summed E-state index contributed by atoms with van der Waals surface area (Å²) < 4.78 is 0. The van der Waals surface area contributed by atoms with Crippen molar-refractivity contribution in [3.63, 3.8) is 0 Å². The van der Waals surface area contributed by atoms with Gasteiger partial charge in [0.25, 0.3) is 11.6 Å². The number of hydrogen-bond donors (Lipinski definition) is 1. The van der Waals surface area contributed by atoms with E-state index >= 15 is 0 Å². The molecule has 0 spiro atoms. The van der Waals surface area contributed by atoms with Crippen molar-refractivity contribution >= 4 is 23.0 Å². The Bertz CT molecular complexity index is 858. The number of amides is 1. The van der Waals surface area contributed by atoms with Gasteiger partial charge in [-0.05, 0) is 55.9 Å². The van der Waals surface area contributed by atoms with Gasteiger partial charge in [0.1, 0.15) is 5.69 Å². The lowest BCUT2D eigenvalue weighted by Crippen LogP contribution is -2.30. The summed E-state index contributed by atoms with van der Waals surface area (Å²) in [6, 6.07) is 10.7. The highest BCUT2D eigenvalue weighted by atomic mass is 16.6. The molecule has 1 aliphatic rings. The van der Waals surface area contributed by atoms with Crippen LogP contribution < -0.4 is 10.2 Å². The van der Waals surface area contributed by atoms with Crippen molar-refractivity contribution in [1.29, 1.82) is 0 Å². The summed E-state index contributed by atoms with van der Waals surface area (Å²) in [7, 11) is 0. The molecule has 0 bridgehead atoms. The minimum absolute atomic E-state index is 0.00921. The lowest BCUT2D eigenvalue weighted by atomic mass is 10.0. The van der Waals surface area contributed by atoms with Crippen molar-refractivity contribution in [3.05, 3.63) is 63.2 Å². The molecule has 0 atom stereocenters. The van der Waals surface area contributed by atoms with Crippen LogP contribution in [0.25, 0.3) is 0 Å². The van der Waals surface area contributed by atoms with E-state index in [4.69, 9.17) is 0 Å². The third-order valence-corrected chi connectivity index (χ3v) is 5.11. The molecule has 1 fully saturated rings. The maximum Gasteiger partial charge on any atom is 0.293 e. The average Bonchev–Trinajstić information content (AvgIpc) is 2.69. The molecular weight excluding hydrogens is 342 g/mol. The van der Waals surface area contributed by atoms with E-state index in [0.29, 0.717) is 11.3 Å². The van der Waals surface area contributed by atoms with Gasteiger partial charge in [0.05, 0.1) is 4.92 Å². The Balaban J connectivity index is 1.90. The van der Waals surface area contributed by atoms with Gasteiger partial charge < -0.3 is 10.2 Å². The number of nitrogens with zero attached hydrogens (tertiary/aromatic N) is 2. The van der Waals surface area contributed by atoms with Gasteiger partial charge in [-0.1, -0.05) is 25.1 Å². The Labute approximate surface area is 159 Å². The molecule has 27 heavy (non-hydrogen) atoms. The van der Waals surface area contributed by atoms with E-state index in [1.165, 1.54) is 6.07 Å². The Morgan fingerprint density at radius 1 is 1.19 bits per heavy atom. The first-order chi connectivity index (χ1) is 13.0. The minimum Gasteiger partial charge on any atom is -0.366 e. The summed E-state index contributed by atoms with van der Waals surface area (Å²) in [5.41, 5.74) is 3.69. The summed E-state index contributed by atoms with van der Waals surface area (Å²) in [6.07, 6.45) is 4.02. The highest BCUT2D eigenvalue weighted by molar-refractivity contribution is 6.06. The van der Waals surface area contributed by atoms with Crippen LogP contribution in [0.4, 0.5) is 17.1 Å². The zero-order valence-electron chi connectivity index (χ0n) is 15.8. The van der Waals surface area contributed by atoms with Crippen LogP contribution in [0.3, 0.4) is 0 Å². The first-order valence-electron chi connectivity index (χ1n) is 9.44. The molecule has 0 aromatic heterocycles. The van der Waals surface area contributed by atoms with Gasteiger partial charge in [0.15, 0.2) is 0 Å². The highest BCUT2D eigenvalue weighted by Gasteiger charge is 2.23. The zero-order chi connectivity index (χ0) is 19.4. The Hall–Kier alpha value is -2.89. The van der Waals surface area contributed by atoms with Crippen molar-refractivity contribution in [2.75, 3.05) is 23.3 Å². The number of para-hydroxylation sites is 1. The molecule has 0 saturated carbocycles. The molecule has 0 radical (unpaired) electrons. The van der Waals surface area contributed by atoms with Gasteiger partial charge in [0, 0.05) is 30.4 Å². The van der Waals surface area contributed by atoms with Crippen molar-refractivity contribution < 1.29 is 9.72 Å². The third-order valence-electron chi connectivity index (χ3n) is 5.11. The number of anilines is 2. The van der Waals surface area contributed by atoms with Crippen molar-refractivity contribution in [2.24, 2.45) is 0 Å². The molecule has 1 saturated heterocycles. The molecule has 0 unspecified atom stereocenters. The largest absolute Gasteiger partial charge is 0.366 e. The molecule has 0 aliphatic carbocycles. The predicted molar refractivity (Wildman–Crippen MR) is 108 cm³/mol. The van der Waals surface area contributed by atoms with Crippen LogP contribution in [0.2, 0.25) is 0 Å². The first-order valence-corrected chi connectivity index (χ1v) is 9.44. The van der Waals surface area contributed by atoms with Crippen LogP contribution in [0.15, 0.2) is 36.4 Å². The van der Waals surface area contributed by atoms with Crippen LogP contribution in [0.5, 0.6) is 0 Å². The van der Waals surface area contributed by atoms with Gasteiger partial charge in [-0.2, -0.15) is 0 Å². The van der Waals surface area contributed by atoms with E-state index in [0.717, 1.165) is 55.6 Å². The summed E-state index contributed by atoms with van der Waals surface area (Å²) in [6.45, 7) is 5.60. The van der Waals surface area contributed by atoms with Gasteiger partial charge in [-0.3, -0.25) is 14.9 Å². The number of nitrogens with one attached hydrogen (secondary N) is 1. The van der Waals surface area contributed by atoms with E-state index in [9.17, 15) is 14.9 Å². The quantitative estimate of drug-likeness (QED) is 0.613. The minimum atomic E-state index is -0.397. The van der Waals surface area contributed by atoms with Crippen molar-refractivity contribution in [2.45, 2.75) is 39.5 Å². The lowest BCUT2D eigenvalue weighted by molar-refractivity contribution is -0.384.